The Morgan fingerprint density at radius 3 is 2.71 bits per heavy atom. The SMILES string of the molecule is COc1ccc(C(=O)NCC2(c3ccccn3)CC2)nn1. The average Bonchev–Trinajstić information content (AvgIpc) is 3.35. The smallest absolute Gasteiger partial charge is 0.271 e. The van der Waals surface area contributed by atoms with Crippen molar-refractivity contribution < 1.29 is 9.53 Å². The molecule has 2 heterocycles. The van der Waals surface area contributed by atoms with Gasteiger partial charge >= 0.3 is 0 Å². The number of methoxy groups -OCH3 is 1. The van der Waals surface area contributed by atoms with Gasteiger partial charge in [-0.3, -0.25) is 9.78 Å². The molecule has 1 aliphatic carbocycles. The Labute approximate surface area is 122 Å². The van der Waals surface area contributed by atoms with Crippen LogP contribution in [-0.4, -0.2) is 34.7 Å². The fourth-order valence-corrected chi connectivity index (χ4v) is 2.24. The molecular formula is C15H16N4O2. The monoisotopic (exact) mass is 284 g/mol. The molecule has 6 heteroatoms. The highest BCUT2D eigenvalue weighted by Gasteiger charge is 2.45. The van der Waals surface area contributed by atoms with Crippen LogP contribution in [0.1, 0.15) is 29.0 Å². The second kappa shape index (κ2) is 5.47. The highest BCUT2D eigenvalue weighted by Crippen LogP contribution is 2.46. The van der Waals surface area contributed by atoms with Crippen molar-refractivity contribution >= 4 is 5.91 Å². The van der Waals surface area contributed by atoms with Crippen LogP contribution in [0.25, 0.3) is 0 Å². The minimum atomic E-state index is -0.229. The van der Waals surface area contributed by atoms with E-state index in [-0.39, 0.29) is 17.0 Å². The largest absolute Gasteiger partial charge is 0.480 e. The van der Waals surface area contributed by atoms with E-state index in [9.17, 15) is 4.79 Å². The van der Waals surface area contributed by atoms with E-state index >= 15 is 0 Å². The van der Waals surface area contributed by atoms with E-state index in [1.54, 1.807) is 18.3 Å². The zero-order chi connectivity index (χ0) is 14.7. The number of hydrogen-bond acceptors (Lipinski definition) is 5. The number of nitrogens with zero attached hydrogens (tertiary/aromatic N) is 3. The summed E-state index contributed by atoms with van der Waals surface area (Å²) in [5.74, 6) is 0.158. The Hall–Kier alpha value is -2.50. The number of carbonyl (C=O) groups excluding carboxylic acids is 1. The lowest BCUT2D eigenvalue weighted by molar-refractivity contribution is 0.0943. The van der Waals surface area contributed by atoms with Crippen molar-refractivity contribution in [2.24, 2.45) is 0 Å². The van der Waals surface area contributed by atoms with E-state index < -0.39 is 0 Å². The van der Waals surface area contributed by atoms with Crippen molar-refractivity contribution in [1.82, 2.24) is 20.5 Å². The third-order valence-corrected chi connectivity index (χ3v) is 3.73. The molecule has 0 atom stereocenters. The van der Waals surface area contributed by atoms with Gasteiger partial charge in [-0.05, 0) is 31.0 Å². The molecule has 3 rings (SSSR count). The zero-order valence-corrected chi connectivity index (χ0v) is 11.7. The zero-order valence-electron chi connectivity index (χ0n) is 11.7. The fraction of sp³-hybridized carbons (Fsp3) is 0.333. The van der Waals surface area contributed by atoms with Crippen molar-refractivity contribution in [2.45, 2.75) is 18.3 Å². The molecule has 0 unspecified atom stereocenters. The first-order chi connectivity index (χ1) is 10.2. The number of carbonyl (C=O) groups is 1. The predicted octanol–water partition coefficient (Wildman–Crippen LogP) is 1.34. The number of hydrogen-bond donors (Lipinski definition) is 1. The standard InChI is InChI=1S/C15H16N4O2/c1-21-13-6-5-11(18-19-13)14(20)17-10-15(7-8-15)12-4-2-3-9-16-12/h2-6,9H,7-8,10H2,1H3,(H,17,20). The molecular weight excluding hydrogens is 268 g/mol. The highest BCUT2D eigenvalue weighted by atomic mass is 16.5. The van der Waals surface area contributed by atoms with Gasteiger partial charge in [0, 0.05) is 29.9 Å². The number of ether oxygens (including phenoxy) is 1. The molecule has 0 spiro atoms. The highest BCUT2D eigenvalue weighted by molar-refractivity contribution is 5.92. The fourth-order valence-electron chi connectivity index (χ4n) is 2.24. The van der Waals surface area contributed by atoms with Gasteiger partial charge in [0.05, 0.1) is 7.11 Å². The van der Waals surface area contributed by atoms with Gasteiger partial charge < -0.3 is 10.1 Å². The summed E-state index contributed by atoms with van der Waals surface area (Å²) in [6, 6.07) is 9.09. The summed E-state index contributed by atoms with van der Waals surface area (Å²) in [5, 5.41) is 10.5. The van der Waals surface area contributed by atoms with Gasteiger partial charge in [-0.2, -0.15) is 0 Å². The number of aromatic nitrogens is 3. The quantitative estimate of drug-likeness (QED) is 0.896. The van der Waals surface area contributed by atoms with Crippen LogP contribution in [0.15, 0.2) is 36.5 Å². The molecule has 0 saturated heterocycles. The van der Waals surface area contributed by atoms with Crippen LogP contribution in [0.2, 0.25) is 0 Å². The van der Waals surface area contributed by atoms with Gasteiger partial charge in [-0.1, -0.05) is 6.07 Å². The molecule has 1 fully saturated rings. The molecule has 1 saturated carbocycles. The summed E-state index contributed by atoms with van der Waals surface area (Å²) >= 11 is 0. The van der Waals surface area contributed by atoms with Crippen LogP contribution in [0, 0.1) is 0 Å². The maximum Gasteiger partial charge on any atom is 0.271 e. The van der Waals surface area contributed by atoms with Crippen molar-refractivity contribution in [1.29, 1.82) is 0 Å². The van der Waals surface area contributed by atoms with Crippen molar-refractivity contribution in [3.05, 3.63) is 47.9 Å². The number of nitrogens with one attached hydrogen (secondary N) is 1. The third kappa shape index (κ3) is 2.84. The summed E-state index contributed by atoms with van der Waals surface area (Å²) in [6.45, 7) is 0.566. The van der Waals surface area contributed by atoms with Crippen LogP contribution in [0.3, 0.4) is 0 Å². The molecule has 21 heavy (non-hydrogen) atoms. The van der Waals surface area contributed by atoms with E-state index in [0.29, 0.717) is 12.4 Å². The lowest BCUT2D eigenvalue weighted by atomic mass is 10.0. The average molecular weight is 284 g/mol. The van der Waals surface area contributed by atoms with Gasteiger partial charge in [0.2, 0.25) is 5.88 Å². The normalized spacial score (nSPS) is 15.3. The molecule has 0 radical (unpaired) electrons. The molecule has 2 aromatic rings. The van der Waals surface area contributed by atoms with Gasteiger partial charge in [-0.15, -0.1) is 10.2 Å². The van der Waals surface area contributed by atoms with Gasteiger partial charge in [-0.25, -0.2) is 0 Å². The van der Waals surface area contributed by atoms with E-state index in [0.717, 1.165) is 18.5 Å². The van der Waals surface area contributed by atoms with Crippen molar-refractivity contribution in [2.75, 3.05) is 13.7 Å². The Morgan fingerprint density at radius 1 is 1.29 bits per heavy atom. The Balaban J connectivity index is 1.63. The lowest BCUT2D eigenvalue weighted by Crippen LogP contribution is -2.33. The topological polar surface area (TPSA) is 77.0 Å². The number of pyridine rings is 1. The molecule has 1 amide bonds. The first kappa shape index (κ1) is 13.5. The van der Waals surface area contributed by atoms with E-state index in [1.807, 2.05) is 18.2 Å². The van der Waals surface area contributed by atoms with Gasteiger partial charge in [0.1, 0.15) is 0 Å². The predicted molar refractivity (Wildman–Crippen MR) is 76.1 cm³/mol. The second-order valence-electron chi connectivity index (χ2n) is 5.14. The van der Waals surface area contributed by atoms with Gasteiger partial charge in [0.25, 0.3) is 5.91 Å². The molecule has 108 valence electrons. The lowest BCUT2D eigenvalue weighted by Gasteiger charge is -2.15. The summed E-state index contributed by atoms with van der Waals surface area (Å²) in [5.41, 5.74) is 1.30. The van der Waals surface area contributed by atoms with Crippen LogP contribution < -0.4 is 10.1 Å². The first-order valence-corrected chi connectivity index (χ1v) is 6.81. The van der Waals surface area contributed by atoms with Gasteiger partial charge in [0.15, 0.2) is 5.69 Å². The van der Waals surface area contributed by atoms with Crippen LogP contribution in [0.5, 0.6) is 5.88 Å². The minimum Gasteiger partial charge on any atom is -0.480 e. The molecule has 1 aliphatic rings. The minimum absolute atomic E-state index is 0.0170. The molecule has 0 aliphatic heterocycles. The van der Waals surface area contributed by atoms with E-state index in [4.69, 9.17) is 4.74 Å². The maximum atomic E-state index is 12.1. The molecule has 1 N–H and O–H groups in total. The Kier molecular flexibility index (Phi) is 3.51. The Bertz CT molecular complexity index is 624. The molecule has 6 nitrogen and oxygen atoms in total. The van der Waals surface area contributed by atoms with Crippen LogP contribution in [-0.2, 0) is 5.41 Å². The molecule has 0 aromatic carbocycles. The number of amides is 1. The summed E-state index contributed by atoms with van der Waals surface area (Å²) < 4.78 is 4.92. The number of rotatable bonds is 5. The second-order valence-corrected chi connectivity index (χ2v) is 5.14. The van der Waals surface area contributed by atoms with Crippen LogP contribution >= 0.6 is 0 Å². The van der Waals surface area contributed by atoms with E-state index in [1.165, 1.54) is 7.11 Å². The Morgan fingerprint density at radius 2 is 2.14 bits per heavy atom. The summed E-state index contributed by atoms with van der Waals surface area (Å²) in [4.78, 5) is 16.5. The molecule has 2 aromatic heterocycles. The first-order valence-electron chi connectivity index (χ1n) is 6.81. The summed E-state index contributed by atoms with van der Waals surface area (Å²) in [6.07, 6.45) is 3.86. The molecule has 0 bridgehead atoms. The van der Waals surface area contributed by atoms with Crippen molar-refractivity contribution in [3.8, 4) is 5.88 Å². The third-order valence-electron chi connectivity index (χ3n) is 3.73. The maximum absolute atomic E-state index is 12.1. The summed E-state index contributed by atoms with van der Waals surface area (Å²) in [7, 11) is 1.51. The van der Waals surface area contributed by atoms with Crippen LogP contribution in [0.4, 0.5) is 0 Å². The van der Waals surface area contributed by atoms with Crippen molar-refractivity contribution in [3.63, 3.8) is 0 Å². The van der Waals surface area contributed by atoms with E-state index in [2.05, 4.69) is 20.5 Å².